The van der Waals surface area contributed by atoms with E-state index in [2.05, 4.69) is 14.5 Å². The van der Waals surface area contributed by atoms with Crippen molar-refractivity contribution in [3.8, 4) is 11.5 Å². The molecular formula is C9H6F3N3O3. The van der Waals surface area contributed by atoms with Gasteiger partial charge >= 0.3 is 12.1 Å². The highest BCUT2D eigenvalue weighted by Crippen LogP contribution is 2.34. The summed E-state index contributed by atoms with van der Waals surface area (Å²) in [6.07, 6.45) is -2.31. The molecule has 6 nitrogen and oxygen atoms in total. The van der Waals surface area contributed by atoms with Crippen LogP contribution >= 0.6 is 0 Å². The van der Waals surface area contributed by atoms with Crippen LogP contribution in [0.3, 0.4) is 0 Å². The van der Waals surface area contributed by atoms with Crippen LogP contribution in [0.4, 0.5) is 13.2 Å². The Morgan fingerprint density at radius 1 is 1.50 bits per heavy atom. The Morgan fingerprint density at radius 2 is 2.17 bits per heavy atom. The van der Waals surface area contributed by atoms with Crippen LogP contribution in [0.5, 0.6) is 0 Å². The minimum atomic E-state index is -4.89. The zero-order valence-electron chi connectivity index (χ0n) is 8.89. The fraction of sp³-hybridized carbons (Fsp3) is 0.222. The molecule has 0 aliphatic carbocycles. The van der Waals surface area contributed by atoms with E-state index < -0.39 is 29.5 Å². The summed E-state index contributed by atoms with van der Waals surface area (Å²) in [6, 6.07) is 0. The number of carboxylic acid groups (broad SMARTS) is 1. The van der Waals surface area contributed by atoms with Crippen molar-refractivity contribution in [2.75, 3.05) is 0 Å². The lowest BCUT2D eigenvalue weighted by Gasteiger charge is -2.00. The zero-order chi connectivity index (χ0) is 13.5. The third-order valence-electron chi connectivity index (χ3n) is 2.04. The van der Waals surface area contributed by atoms with E-state index in [0.717, 1.165) is 0 Å². The van der Waals surface area contributed by atoms with Gasteiger partial charge in [0.2, 0.25) is 11.7 Å². The molecule has 0 saturated carbocycles. The standard InChI is InChI=1S/C9H6F3N3O3/c1-15-3-4(2-13-15)7-14-6(9(10,11)12)5(18-7)8(16)17/h2-3H,1H3,(H,16,17). The molecule has 2 heterocycles. The Balaban J connectivity index is 2.56. The topological polar surface area (TPSA) is 81.2 Å². The van der Waals surface area contributed by atoms with E-state index in [1.807, 2.05) is 0 Å². The highest BCUT2D eigenvalue weighted by atomic mass is 19.4. The first kappa shape index (κ1) is 12.1. The number of carboxylic acids is 1. The molecule has 2 aromatic rings. The highest BCUT2D eigenvalue weighted by molar-refractivity contribution is 5.86. The SMILES string of the molecule is Cn1cc(-c2nc(C(F)(F)F)c(C(=O)O)o2)cn1. The normalized spacial score (nSPS) is 11.8. The quantitative estimate of drug-likeness (QED) is 0.891. The molecule has 1 N–H and O–H groups in total. The van der Waals surface area contributed by atoms with E-state index in [0.29, 0.717) is 0 Å². The van der Waals surface area contributed by atoms with Crippen LogP contribution < -0.4 is 0 Å². The summed E-state index contributed by atoms with van der Waals surface area (Å²) in [7, 11) is 1.55. The minimum Gasteiger partial charge on any atom is -0.475 e. The number of rotatable bonds is 2. The van der Waals surface area contributed by atoms with Gasteiger partial charge in [0.25, 0.3) is 0 Å². The minimum absolute atomic E-state index is 0.163. The monoisotopic (exact) mass is 261 g/mol. The predicted molar refractivity (Wildman–Crippen MR) is 50.7 cm³/mol. The first-order chi connectivity index (χ1) is 8.29. The Bertz CT molecular complexity index is 600. The Hall–Kier alpha value is -2.32. The van der Waals surface area contributed by atoms with Gasteiger partial charge in [0.1, 0.15) is 0 Å². The van der Waals surface area contributed by atoms with Crippen LogP contribution in [0.15, 0.2) is 16.8 Å². The highest BCUT2D eigenvalue weighted by Gasteiger charge is 2.41. The number of carbonyl (C=O) groups is 1. The third-order valence-corrected chi connectivity index (χ3v) is 2.04. The van der Waals surface area contributed by atoms with Crippen LogP contribution in [0.25, 0.3) is 11.5 Å². The molecule has 9 heteroatoms. The van der Waals surface area contributed by atoms with Gasteiger partial charge in [-0.05, 0) is 0 Å². The van der Waals surface area contributed by atoms with Gasteiger partial charge in [-0.15, -0.1) is 0 Å². The zero-order valence-corrected chi connectivity index (χ0v) is 8.89. The van der Waals surface area contributed by atoms with Gasteiger partial charge in [-0.1, -0.05) is 0 Å². The average molecular weight is 261 g/mol. The molecule has 18 heavy (non-hydrogen) atoms. The number of nitrogens with zero attached hydrogens (tertiary/aromatic N) is 3. The van der Waals surface area contributed by atoms with Crippen LogP contribution in [0.2, 0.25) is 0 Å². The number of aryl methyl sites for hydroxylation is 1. The summed E-state index contributed by atoms with van der Waals surface area (Å²) >= 11 is 0. The Kier molecular flexibility index (Phi) is 2.60. The van der Waals surface area contributed by atoms with E-state index in [-0.39, 0.29) is 5.56 Å². The molecule has 0 atom stereocenters. The summed E-state index contributed by atoms with van der Waals surface area (Å²) in [6.45, 7) is 0. The molecule has 0 radical (unpaired) electrons. The Labute approximate surface area is 97.7 Å². The summed E-state index contributed by atoms with van der Waals surface area (Å²) in [5, 5.41) is 12.4. The van der Waals surface area contributed by atoms with Gasteiger partial charge in [-0.3, -0.25) is 4.68 Å². The van der Waals surface area contributed by atoms with Crippen molar-refractivity contribution in [2.24, 2.45) is 7.05 Å². The number of aromatic nitrogens is 3. The fourth-order valence-corrected chi connectivity index (χ4v) is 1.31. The molecule has 0 spiro atoms. The van der Waals surface area contributed by atoms with Crippen LogP contribution in [-0.4, -0.2) is 25.8 Å². The lowest BCUT2D eigenvalue weighted by Crippen LogP contribution is -2.11. The Morgan fingerprint density at radius 3 is 2.56 bits per heavy atom. The van der Waals surface area contributed by atoms with Gasteiger partial charge in [0, 0.05) is 13.2 Å². The number of hydrogen-bond donors (Lipinski definition) is 1. The first-order valence-electron chi connectivity index (χ1n) is 4.59. The van der Waals surface area contributed by atoms with Crippen molar-refractivity contribution < 1.29 is 27.5 Å². The molecule has 0 aliphatic rings. The molecule has 0 amide bonds. The maximum atomic E-state index is 12.5. The molecule has 2 rings (SSSR count). The molecular weight excluding hydrogens is 255 g/mol. The molecule has 0 aromatic carbocycles. The molecule has 2 aromatic heterocycles. The number of alkyl halides is 3. The molecule has 96 valence electrons. The smallest absolute Gasteiger partial charge is 0.437 e. The van der Waals surface area contributed by atoms with Crippen molar-refractivity contribution >= 4 is 5.97 Å². The van der Waals surface area contributed by atoms with Crippen molar-refractivity contribution in [1.29, 1.82) is 0 Å². The van der Waals surface area contributed by atoms with E-state index in [9.17, 15) is 18.0 Å². The molecule has 0 unspecified atom stereocenters. The second kappa shape index (κ2) is 3.86. The van der Waals surface area contributed by atoms with E-state index in [4.69, 9.17) is 5.11 Å². The summed E-state index contributed by atoms with van der Waals surface area (Å²) in [5.74, 6) is -3.50. The third kappa shape index (κ3) is 2.06. The second-order valence-electron chi connectivity index (χ2n) is 3.40. The summed E-state index contributed by atoms with van der Waals surface area (Å²) < 4.78 is 43.6. The predicted octanol–water partition coefficient (Wildman–Crippen LogP) is 1.79. The van der Waals surface area contributed by atoms with Gasteiger partial charge in [0.15, 0.2) is 5.69 Å². The van der Waals surface area contributed by atoms with Crippen molar-refractivity contribution in [1.82, 2.24) is 14.8 Å². The molecule has 0 aliphatic heterocycles. The molecule has 0 bridgehead atoms. The van der Waals surface area contributed by atoms with Crippen LogP contribution in [0.1, 0.15) is 16.2 Å². The number of oxazole rings is 1. The molecule has 0 saturated heterocycles. The van der Waals surface area contributed by atoms with E-state index >= 15 is 0 Å². The van der Waals surface area contributed by atoms with Gasteiger partial charge in [0.05, 0.1) is 11.8 Å². The lowest BCUT2D eigenvalue weighted by molar-refractivity contribution is -0.141. The van der Waals surface area contributed by atoms with E-state index in [1.54, 1.807) is 7.05 Å². The maximum absolute atomic E-state index is 12.5. The van der Waals surface area contributed by atoms with Crippen molar-refractivity contribution in [3.05, 3.63) is 23.8 Å². The summed E-state index contributed by atoms with van der Waals surface area (Å²) in [5.41, 5.74) is -1.40. The van der Waals surface area contributed by atoms with Gasteiger partial charge in [-0.2, -0.15) is 18.3 Å². The van der Waals surface area contributed by atoms with E-state index in [1.165, 1.54) is 17.1 Å². The van der Waals surface area contributed by atoms with Crippen molar-refractivity contribution in [2.45, 2.75) is 6.18 Å². The van der Waals surface area contributed by atoms with Crippen LogP contribution in [-0.2, 0) is 13.2 Å². The number of hydrogen-bond acceptors (Lipinski definition) is 4. The second-order valence-corrected chi connectivity index (χ2v) is 3.40. The number of halogens is 3. The van der Waals surface area contributed by atoms with Crippen LogP contribution in [0, 0.1) is 0 Å². The van der Waals surface area contributed by atoms with Gasteiger partial charge < -0.3 is 9.52 Å². The van der Waals surface area contributed by atoms with Crippen molar-refractivity contribution in [3.63, 3.8) is 0 Å². The molecule has 0 fully saturated rings. The lowest BCUT2D eigenvalue weighted by atomic mass is 10.3. The van der Waals surface area contributed by atoms with Gasteiger partial charge in [-0.25, -0.2) is 9.78 Å². The first-order valence-corrected chi connectivity index (χ1v) is 4.59. The number of aromatic carboxylic acids is 1. The average Bonchev–Trinajstić information content (AvgIpc) is 2.81. The maximum Gasteiger partial charge on any atom is 0.437 e. The fourth-order valence-electron chi connectivity index (χ4n) is 1.31. The summed E-state index contributed by atoms with van der Waals surface area (Å²) in [4.78, 5) is 13.8. The largest absolute Gasteiger partial charge is 0.475 e.